The van der Waals surface area contributed by atoms with E-state index in [1.807, 2.05) is 13.0 Å². The molecule has 8 nitrogen and oxygen atoms in total. The van der Waals surface area contributed by atoms with E-state index < -0.39 is 0 Å². The molecular formula is C41H48N4O4. The summed E-state index contributed by atoms with van der Waals surface area (Å²) < 4.78 is 11.1. The van der Waals surface area contributed by atoms with Crippen LogP contribution in [0.5, 0.6) is 0 Å². The zero-order valence-corrected chi connectivity index (χ0v) is 29.8. The highest BCUT2D eigenvalue weighted by atomic mass is 16.5. The number of fused-ring (bicyclic) bond motifs is 5. The van der Waals surface area contributed by atoms with Gasteiger partial charge in [-0.1, -0.05) is 26.5 Å². The molecule has 0 amide bonds. The lowest BCUT2D eigenvalue weighted by Gasteiger charge is -2.10. The van der Waals surface area contributed by atoms with Crippen LogP contribution in [0.2, 0.25) is 0 Å². The second kappa shape index (κ2) is 14.6. The lowest BCUT2D eigenvalue weighted by molar-refractivity contribution is -0.119. The number of aliphatic imine (C=N–C) groups is 3. The van der Waals surface area contributed by atoms with Crippen molar-refractivity contribution in [3.8, 4) is 0 Å². The number of aromatic amines is 1. The number of aromatic nitrogens is 1. The average Bonchev–Trinajstić information content (AvgIpc) is 3.83. The number of hydrogen-bond acceptors (Lipinski definition) is 7. The van der Waals surface area contributed by atoms with Gasteiger partial charge >= 0.3 is 0 Å². The molecule has 0 atom stereocenters. The van der Waals surface area contributed by atoms with Crippen molar-refractivity contribution in [2.45, 2.75) is 86.5 Å². The molecule has 0 fully saturated rings. The monoisotopic (exact) mass is 660 g/mol. The van der Waals surface area contributed by atoms with Gasteiger partial charge in [-0.15, -0.1) is 0 Å². The summed E-state index contributed by atoms with van der Waals surface area (Å²) in [5.74, 6) is 0.507. The molecule has 0 spiro atoms. The van der Waals surface area contributed by atoms with Gasteiger partial charge in [0.1, 0.15) is 11.5 Å². The SMILES string of the molecule is C=Cc1c(C)c2[nH]c1=CC1=NC(=CC3=C(C)C4=C(O)CC(=C5N=C(C=2)C(C)=C5CCC(=O)CCCOCCOCCC)C4=N3)C(CC)=C1C. The molecule has 8 heteroatoms. The number of aliphatic hydroxyl groups excluding tert-OH is 1. The van der Waals surface area contributed by atoms with Crippen LogP contribution >= 0.6 is 0 Å². The van der Waals surface area contributed by atoms with Crippen LogP contribution in [0.1, 0.15) is 90.7 Å². The molecule has 1 aromatic heterocycles. The van der Waals surface area contributed by atoms with Crippen molar-refractivity contribution in [1.29, 1.82) is 0 Å². The Bertz CT molecular complexity index is 2030. The molecule has 2 N–H and O–H groups in total. The number of ether oxygens (including phenoxy) is 2. The van der Waals surface area contributed by atoms with Crippen molar-refractivity contribution in [3.05, 3.63) is 96.3 Å². The molecule has 0 radical (unpaired) electrons. The predicted octanol–water partition coefficient (Wildman–Crippen LogP) is 7.15. The van der Waals surface area contributed by atoms with Crippen molar-refractivity contribution in [3.63, 3.8) is 0 Å². The quantitative estimate of drug-likeness (QED) is 0.207. The van der Waals surface area contributed by atoms with E-state index in [1.54, 1.807) is 0 Å². The van der Waals surface area contributed by atoms with Gasteiger partial charge in [-0.05, 0) is 105 Å². The number of carbonyl (C=O) groups is 1. The lowest BCUT2D eigenvalue weighted by atomic mass is 9.94. The zero-order valence-electron chi connectivity index (χ0n) is 29.8. The largest absolute Gasteiger partial charge is 0.511 e. The predicted molar refractivity (Wildman–Crippen MR) is 199 cm³/mol. The van der Waals surface area contributed by atoms with E-state index in [0.29, 0.717) is 57.7 Å². The molecule has 1 aromatic rings. The maximum Gasteiger partial charge on any atom is 0.133 e. The number of carbonyl (C=O) groups excluding carboxylic acids is 1. The molecule has 8 bridgehead atoms. The number of nitrogens with one attached hydrogen (secondary N) is 1. The molecule has 0 aromatic carbocycles. The van der Waals surface area contributed by atoms with Crippen molar-refractivity contribution in [2.75, 3.05) is 26.4 Å². The van der Waals surface area contributed by atoms with Crippen LogP contribution in [-0.4, -0.2) is 59.4 Å². The Morgan fingerprint density at radius 1 is 0.898 bits per heavy atom. The van der Waals surface area contributed by atoms with Gasteiger partial charge in [0.25, 0.3) is 0 Å². The van der Waals surface area contributed by atoms with Gasteiger partial charge < -0.3 is 19.6 Å². The maximum absolute atomic E-state index is 13.1. The number of allylic oxidation sites excluding steroid dienone is 8. The summed E-state index contributed by atoms with van der Waals surface area (Å²) in [6.45, 7) is 19.1. The Hall–Kier alpha value is -4.40. The summed E-state index contributed by atoms with van der Waals surface area (Å²) in [6.07, 6.45) is 12.5. The Labute approximate surface area is 289 Å². The van der Waals surface area contributed by atoms with Crippen LogP contribution < -0.4 is 10.7 Å². The summed E-state index contributed by atoms with van der Waals surface area (Å²) in [7, 11) is 0. The first-order chi connectivity index (χ1) is 23.7. The van der Waals surface area contributed by atoms with Crippen molar-refractivity contribution >= 4 is 41.1 Å². The van der Waals surface area contributed by atoms with Crippen molar-refractivity contribution < 1.29 is 19.4 Å². The number of Topliss-reactive ketones (excluding diaryl/α,β-unsaturated/α-hetero) is 1. The average molecular weight is 661 g/mol. The van der Waals surface area contributed by atoms with Gasteiger partial charge in [0, 0.05) is 59.9 Å². The minimum atomic E-state index is 0.200. The summed E-state index contributed by atoms with van der Waals surface area (Å²) in [4.78, 5) is 32.1. The fourth-order valence-corrected chi connectivity index (χ4v) is 7.25. The third-order valence-corrected chi connectivity index (χ3v) is 10.1. The number of hydrogen-bond donors (Lipinski definition) is 2. The van der Waals surface area contributed by atoms with Crippen LogP contribution in [0.3, 0.4) is 0 Å². The third kappa shape index (κ3) is 6.64. The van der Waals surface area contributed by atoms with E-state index in [-0.39, 0.29) is 5.78 Å². The molecule has 6 rings (SSSR count). The highest BCUT2D eigenvalue weighted by Gasteiger charge is 2.37. The van der Waals surface area contributed by atoms with Crippen molar-refractivity contribution in [2.24, 2.45) is 15.0 Å². The highest BCUT2D eigenvalue weighted by Crippen LogP contribution is 2.44. The number of nitrogens with zero attached hydrogens (tertiary/aromatic N) is 3. The van der Waals surface area contributed by atoms with E-state index in [0.717, 1.165) is 109 Å². The molecule has 256 valence electrons. The number of aliphatic hydroxyl groups is 1. The van der Waals surface area contributed by atoms with Gasteiger partial charge in [0.15, 0.2) is 0 Å². The summed E-state index contributed by atoms with van der Waals surface area (Å²) >= 11 is 0. The molecule has 0 saturated heterocycles. The molecule has 49 heavy (non-hydrogen) atoms. The van der Waals surface area contributed by atoms with Gasteiger partial charge in [0.05, 0.1) is 47.4 Å². The van der Waals surface area contributed by atoms with E-state index in [9.17, 15) is 9.90 Å². The molecular weight excluding hydrogens is 612 g/mol. The van der Waals surface area contributed by atoms with Crippen molar-refractivity contribution in [1.82, 2.24) is 4.98 Å². The molecule has 5 aliphatic rings. The molecule has 5 heterocycles. The first-order valence-electron chi connectivity index (χ1n) is 17.6. The molecule has 1 aliphatic carbocycles. The summed E-state index contributed by atoms with van der Waals surface area (Å²) in [5.41, 5.74) is 14.1. The zero-order chi connectivity index (χ0) is 34.8. The van der Waals surface area contributed by atoms with Gasteiger partial charge in [0.2, 0.25) is 0 Å². The number of H-pyrrole nitrogens is 1. The highest BCUT2D eigenvalue weighted by molar-refractivity contribution is 6.26. The third-order valence-electron chi connectivity index (χ3n) is 10.1. The van der Waals surface area contributed by atoms with Gasteiger partial charge in [-0.2, -0.15) is 0 Å². The van der Waals surface area contributed by atoms with E-state index in [4.69, 9.17) is 24.5 Å². The smallest absolute Gasteiger partial charge is 0.133 e. The normalized spacial score (nSPS) is 18.3. The Morgan fingerprint density at radius 3 is 2.35 bits per heavy atom. The number of ketones is 1. The van der Waals surface area contributed by atoms with Crippen LogP contribution in [0.4, 0.5) is 0 Å². The second-order valence-electron chi connectivity index (χ2n) is 13.2. The number of rotatable bonds is 14. The van der Waals surface area contributed by atoms with Crippen LogP contribution in [0, 0.1) is 6.92 Å². The van der Waals surface area contributed by atoms with Gasteiger partial charge in [-0.25, -0.2) is 15.0 Å². The topological polar surface area (TPSA) is 109 Å². The van der Waals surface area contributed by atoms with Crippen LogP contribution in [0.25, 0.3) is 18.2 Å². The fourth-order valence-electron chi connectivity index (χ4n) is 7.25. The van der Waals surface area contributed by atoms with Gasteiger partial charge in [-0.3, -0.25) is 4.79 Å². The van der Waals surface area contributed by atoms with E-state index in [2.05, 4.69) is 64.4 Å². The van der Waals surface area contributed by atoms with Crippen LogP contribution in [0.15, 0.2) is 89.5 Å². The fraction of sp³-hybridized carbons (Fsp3) is 0.415. The minimum absolute atomic E-state index is 0.200. The Morgan fingerprint density at radius 2 is 1.61 bits per heavy atom. The summed E-state index contributed by atoms with van der Waals surface area (Å²) in [6, 6.07) is 0. The first-order valence-corrected chi connectivity index (χ1v) is 17.6. The maximum atomic E-state index is 13.1. The Kier molecular flexibility index (Phi) is 10.3. The molecule has 0 saturated carbocycles. The van der Waals surface area contributed by atoms with E-state index in [1.165, 1.54) is 5.57 Å². The lowest BCUT2D eigenvalue weighted by Crippen LogP contribution is -2.15. The first kappa shape index (κ1) is 34.5. The second-order valence-corrected chi connectivity index (χ2v) is 13.2. The van der Waals surface area contributed by atoms with Crippen LogP contribution in [-0.2, 0) is 14.3 Å². The molecule has 0 unspecified atom stereocenters. The Balaban J connectivity index is 1.38. The summed E-state index contributed by atoms with van der Waals surface area (Å²) in [5, 5.41) is 13.2. The minimum Gasteiger partial charge on any atom is -0.511 e. The standard InChI is InChI=1S/C41H48N4O4/c1-8-15-48-17-18-49-16-11-12-27(46)13-14-30-25(6)34-20-32-23(4)28(9-2)36(42-32)21-33-24(5)29(10-3)37(43-33)22-35-26(7)39-38(47)19-31(40(30)44-34)41(39)45-35/h9,20-22,42,47H,2,8,10-19H2,1,3-7H3. The molecule has 4 aliphatic heterocycles. The van der Waals surface area contributed by atoms with E-state index >= 15 is 0 Å².